The second-order valence-corrected chi connectivity index (χ2v) is 7.18. The van der Waals surface area contributed by atoms with Crippen LogP contribution in [0.2, 0.25) is 0 Å². The van der Waals surface area contributed by atoms with E-state index in [1.807, 2.05) is 0 Å². The average molecular weight is 431 g/mol. The van der Waals surface area contributed by atoms with E-state index in [0.29, 0.717) is 10.4 Å². The lowest BCUT2D eigenvalue weighted by molar-refractivity contribution is -0.143. The molecule has 0 spiro atoms. The van der Waals surface area contributed by atoms with Gasteiger partial charge in [0.2, 0.25) is 0 Å². The van der Waals surface area contributed by atoms with Gasteiger partial charge in [-0.2, -0.15) is 31.4 Å². The Labute approximate surface area is 163 Å². The van der Waals surface area contributed by atoms with Crippen LogP contribution >= 0.6 is 11.8 Å². The van der Waals surface area contributed by atoms with Gasteiger partial charge in [0.15, 0.2) is 11.5 Å². The highest BCUT2D eigenvalue weighted by atomic mass is 32.2. The molecule has 0 N–H and O–H groups in total. The van der Waals surface area contributed by atoms with Crippen LogP contribution in [0.15, 0.2) is 41.7 Å². The Morgan fingerprint density at radius 3 is 2.45 bits per heavy atom. The molecule has 0 amide bonds. The van der Waals surface area contributed by atoms with Crippen molar-refractivity contribution in [3.63, 3.8) is 0 Å². The lowest BCUT2D eigenvalue weighted by atomic mass is 10.2. The number of nitrogens with zero attached hydrogens (tertiary/aromatic N) is 5. The van der Waals surface area contributed by atoms with Crippen LogP contribution in [0.1, 0.15) is 18.3 Å². The van der Waals surface area contributed by atoms with E-state index in [0.717, 1.165) is 34.5 Å². The highest BCUT2D eigenvalue weighted by Crippen LogP contribution is 2.39. The van der Waals surface area contributed by atoms with Crippen molar-refractivity contribution < 1.29 is 26.3 Å². The van der Waals surface area contributed by atoms with Gasteiger partial charge in [-0.3, -0.25) is 9.38 Å². The third-order valence-electron chi connectivity index (χ3n) is 4.10. The Hall–Kier alpha value is -2.76. The Morgan fingerprint density at radius 1 is 1.03 bits per heavy atom. The molecule has 0 fully saturated rings. The lowest BCUT2D eigenvalue weighted by Crippen LogP contribution is -2.15. The maximum absolute atomic E-state index is 13.8. The van der Waals surface area contributed by atoms with Crippen LogP contribution in [0.5, 0.6) is 0 Å². The van der Waals surface area contributed by atoms with Crippen molar-refractivity contribution >= 4 is 28.3 Å². The summed E-state index contributed by atoms with van der Waals surface area (Å²) in [6.45, 7) is 1.68. The minimum Gasteiger partial charge on any atom is -0.281 e. The van der Waals surface area contributed by atoms with E-state index in [1.165, 1.54) is 18.3 Å². The molecule has 12 heteroatoms. The van der Waals surface area contributed by atoms with Gasteiger partial charge in [-0.1, -0.05) is 13.0 Å². The maximum Gasteiger partial charge on any atom is 0.434 e. The molecule has 0 unspecified atom stereocenters. The molecule has 4 rings (SSSR count). The largest absolute Gasteiger partial charge is 0.434 e. The van der Waals surface area contributed by atoms with E-state index in [1.54, 1.807) is 6.92 Å². The summed E-state index contributed by atoms with van der Waals surface area (Å²) in [5.74, 6) is -0.00600. The van der Waals surface area contributed by atoms with Gasteiger partial charge in [0.1, 0.15) is 16.4 Å². The first-order valence-electron chi connectivity index (χ1n) is 8.24. The van der Waals surface area contributed by atoms with Crippen LogP contribution < -0.4 is 0 Å². The van der Waals surface area contributed by atoms with Crippen LogP contribution in [0.25, 0.3) is 22.4 Å². The molecule has 4 aromatic rings. The van der Waals surface area contributed by atoms with Gasteiger partial charge in [-0.05, 0) is 24.0 Å². The zero-order chi connectivity index (χ0) is 21.0. The van der Waals surface area contributed by atoms with Crippen molar-refractivity contribution in [2.75, 3.05) is 5.75 Å². The smallest absolute Gasteiger partial charge is 0.281 e. The summed E-state index contributed by atoms with van der Waals surface area (Å²) in [4.78, 5) is 7.78. The number of alkyl halides is 6. The molecule has 0 saturated heterocycles. The number of thioether (sulfide) groups is 1. The molecule has 0 aliphatic heterocycles. The Kier molecular flexibility index (Phi) is 4.48. The summed E-state index contributed by atoms with van der Waals surface area (Å²) in [7, 11) is 0. The summed E-state index contributed by atoms with van der Waals surface area (Å²) in [5, 5.41) is 3.62. The summed E-state index contributed by atoms with van der Waals surface area (Å²) < 4.78 is 83.4. The quantitative estimate of drug-likeness (QED) is 0.330. The fourth-order valence-electron chi connectivity index (χ4n) is 3.03. The van der Waals surface area contributed by atoms with Crippen molar-refractivity contribution in [2.45, 2.75) is 24.3 Å². The first-order chi connectivity index (χ1) is 13.6. The normalized spacial score (nSPS) is 12.9. The number of halogens is 6. The summed E-state index contributed by atoms with van der Waals surface area (Å²) in [6.07, 6.45) is -7.24. The SMILES string of the molecule is CCSc1c(-n2nc3ccncc3c2C(F)(F)F)nc2cccc(C(F)(F)F)n12. The molecule has 4 aromatic heterocycles. The highest BCUT2D eigenvalue weighted by Gasteiger charge is 2.40. The zero-order valence-electron chi connectivity index (χ0n) is 14.6. The molecular formula is C17H11F6N5S. The predicted molar refractivity (Wildman–Crippen MR) is 94.0 cm³/mol. The topological polar surface area (TPSA) is 48.0 Å². The molecule has 0 aliphatic rings. The highest BCUT2D eigenvalue weighted by molar-refractivity contribution is 7.99. The van der Waals surface area contributed by atoms with Gasteiger partial charge in [-0.15, -0.1) is 11.8 Å². The molecule has 0 saturated carbocycles. The Morgan fingerprint density at radius 2 is 1.79 bits per heavy atom. The number of imidazole rings is 1. The molecule has 0 atom stereocenters. The second-order valence-electron chi connectivity index (χ2n) is 5.93. The number of hydrogen-bond acceptors (Lipinski definition) is 4. The molecule has 0 aliphatic carbocycles. The first kappa shape index (κ1) is 19.6. The first-order valence-corrected chi connectivity index (χ1v) is 9.23. The third kappa shape index (κ3) is 3.20. The van der Waals surface area contributed by atoms with Crippen LogP contribution in [-0.2, 0) is 12.4 Å². The fraction of sp³-hybridized carbons (Fsp3) is 0.235. The standard InChI is InChI=1S/C17H11F6N5S/c1-2-29-15-14(25-12-5-3-4-11(27(12)15)16(18,19)20)28-13(17(21,22)23)9-8-24-7-6-10(9)26-28/h3-8H,2H2,1H3. The maximum atomic E-state index is 13.8. The Balaban J connectivity index is 2.12. The summed E-state index contributed by atoms with van der Waals surface area (Å²) in [6, 6.07) is 4.61. The van der Waals surface area contributed by atoms with Gasteiger partial charge < -0.3 is 0 Å². The van der Waals surface area contributed by atoms with Crippen LogP contribution in [0.3, 0.4) is 0 Å². The third-order valence-corrected chi connectivity index (χ3v) is 5.02. The Bertz CT molecular complexity index is 1210. The average Bonchev–Trinajstić information content (AvgIpc) is 3.19. The summed E-state index contributed by atoms with van der Waals surface area (Å²) >= 11 is 0.949. The van der Waals surface area contributed by atoms with Crippen molar-refractivity contribution in [3.8, 4) is 5.82 Å². The number of pyridine rings is 2. The molecule has 0 aromatic carbocycles. The van der Waals surface area contributed by atoms with Crippen molar-refractivity contribution in [1.29, 1.82) is 0 Å². The molecule has 5 nitrogen and oxygen atoms in total. The van der Waals surface area contributed by atoms with E-state index in [-0.39, 0.29) is 27.4 Å². The second kappa shape index (κ2) is 6.65. The molecule has 152 valence electrons. The monoisotopic (exact) mass is 431 g/mol. The van der Waals surface area contributed by atoms with E-state index in [9.17, 15) is 26.3 Å². The fourth-order valence-corrected chi connectivity index (χ4v) is 3.89. The predicted octanol–water partition coefficient (Wildman–Crippen LogP) is 5.22. The zero-order valence-corrected chi connectivity index (χ0v) is 15.4. The van der Waals surface area contributed by atoms with Crippen LogP contribution in [-0.4, -0.2) is 29.9 Å². The minimum atomic E-state index is -4.82. The van der Waals surface area contributed by atoms with Crippen LogP contribution in [0.4, 0.5) is 26.3 Å². The van der Waals surface area contributed by atoms with E-state index >= 15 is 0 Å². The van der Waals surface area contributed by atoms with Crippen molar-refractivity contribution in [3.05, 3.63) is 48.0 Å². The van der Waals surface area contributed by atoms with E-state index in [2.05, 4.69) is 15.1 Å². The number of fused-ring (bicyclic) bond motifs is 2. The molecule has 4 heterocycles. The van der Waals surface area contributed by atoms with Gasteiger partial charge in [0, 0.05) is 12.4 Å². The number of hydrogen-bond donors (Lipinski definition) is 0. The molecular weight excluding hydrogens is 420 g/mol. The van der Waals surface area contributed by atoms with Crippen LogP contribution in [0, 0.1) is 0 Å². The molecule has 0 radical (unpaired) electrons. The van der Waals surface area contributed by atoms with Gasteiger partial charge in [-0.25, -0.2) is 9.67 Å². The van der Waals surface area contributed by atoms with Gasteiger partial charge in [0.05, 0.1) is 10.9 Å². The molecule has 29 heavy (non-hydrogen) atoms. The van der Waals surface area contributed by atoms with E-state index < -0.39 is 23.7 Å². The van der Waals surface area contributed by atoms with E-state index in [4.69, 9.17) is 0 Å². The number of aromatic nitrogens is 5. The van der Waals surface area contributed by atoms with Crippen molar-refractivity contribution in [2.24, 2.45) is 0 Å². The van der Waals surface area contributed by atoms with Crippen molar-refractivity contribution in [1.82, 2.24) is 24.1 Å². The van der Waals surface area contributed by atoms with Gasteiger partial charge in [0.25, 0.3) is 0 Å². The number of rotatable bonds is 3. The summed E-state index contributed by atoms with van der Waals surface area (Å²) in [5.41, 5.74) is -2.29. The van der Waals surface area contributed by atoms with Gasteiger partial charge >= 0.3 is 12.4 Å². The molecule has 0 bridgehead atoms. The minimum absolute atomic E-state index is 0.00729. The lowest BCUT2D eigenvalue weighted by Gasteiger charge is -2.13.